The summed E-state index contributed by atoms with van der Waals surface area (Å²) in [5.74, 6) is 1.54. The molecule has 0 bridgehead atoms. The van der Waals surface area contributed by atoms with Crippen LogP contribution in [0.3, 0.4) is 0 Å². The Labute approximate surface area is 190 Å². The highest BCUT2D eigenvalue weighted by Crippen LogP contribution is 2.35. The fourth-order valence-electron chi connectivity index (χ4n) is 3.82. The molecule has 3 heteroatoms. The molecule has 1 fully saturated rings. The molecule has 0 atom stereocenters. The van der Waals surface area contributed by atoms with E-state index in [4.69, 9.17) is 4.74 Å². The molecule has 1 N–H and O–H groups in total. The predicted molar refractivity (Wildman–Crippen MR) is 128 cm³/mol. The number of aromatic hydroxyl groups is 1. The molecule has 0 saturated heterocycles. The van der Waals surface area contributed by atoms with Crippen molar-refractivity contribution in [3.63, 3.8) is 0 Å². The Bertz CT molecular complexity index is 1060. The van der Waals surface area contributed by atoms with Gasteiger partial charge in [0, 0.05) is 0 Å². The van der Waals surface area contributed by atoms with Crippen LogP contribution in [0, 0.1) is 31.6 Å². The van der Waals surface area contributed by atoms with Crippen LogP contribution in [0.4, 0.5) is 0 Å². The van der Waals surface area contributed by atoms with Gasteiger partial charge in [0.1, 0.15) is 18.1 Å². The Morgan fingerprint density at radius 1 is 0.781 bits per heavy atom. The first-order valence-corrected chi connectivity index (χ1v) is 10.7. The molecule has 1 aliphatic rings. The number of hydrogen-bond acceptors (Lipinski definition) is 3. The summed E-state index contributed by atoms with van der Waals surface area (Å²) in [4.78, 5) is 12.2. The van der Waals surface area contributed by atoms with Gasteiger partial charge >= 0.3 is 0 Å². The van der Waals surface area contributed by atoms with Crippen molar-refractivity contribution in [3.8, 4) is 11.5 Å². The zero-order valence-electron chi connectivity index (χ0n) is 18.0. The largest absolute Gasteiger partial charge is 0.508 e. The average molecular weight is 422 g/mol. The van der Waals surface area contributed by atoms with E-state index in [-0.39, 0.29) is 18.1 Å². The smallest absolute Gasteiger partial charge is 0.177 e. The summed E-state index contributed by atoms with van der Waals surface area (Å²) in [5.41, 5.74) is 5.59. The van der Waals surface area contributed by atoms with Crippen molar-refractivity contribution in [1.82, 2.24) is 0 Å². The van der Waals surface area contributed by atoms with E-state index < -0.39 is 0 Å². The van der Waals surface area contributed by atoms with Gasteiger partial charge in [0.2, 0.25) is 0 Å². The number of ketones is 1. The van der Waals surface area contributed by atoms with Crippen LogP contribution in [-0.4, -0.2) is 17.5 Å². The lowest BCUT2D eigenvalue weighted by Gasteiger charge is -2.17. The van der Waals surface area contributed by atoms with E-state index in [0.29, 0.717) is 11.7 Å². The highest BCUT2D eigenvalue weighted by Gasteiger charge is 2.24. The van der Waals surface area contributed by atoms with E-state index in [1.54, 1.807) is 25.0 Å². The normalized spacial score (nSPS) is 14.8. The summed E-state index contributed by atoms with van der Waals surface area (Å²) in [6.07, 6.45) is 8.11. The number of phenols is 1. The molecule has 159 valence electrons. The predicted octanol–water partition coefficient (Wildman–Crippen LogP) is 6.11. The van der Waals surface area contributed by atoms with Crippen LogP contribution in [-0.2, 0) is 4.79 Å². The first-order valence-electron chi connectivity index (χ1n) is 10.7. The van der Waals surface area contributed by atoms with Crippen molar-refractivity contribution in [1.29, 1.82) is 0 Å². The van der Waals surface area contributed by atoms with Crippen LogP contribution >= 0.6 is 0 Å². The molecule has 0 heterocycles. The molecule has 0 spiro atoms. The minimum Gasteiger partial charge on any atom is -0.508 e. The highest BCUT2D eigenvalue weighted by atomic mass is 16.5. The minimum absolute atomic E-state index is 0.0124. The van der Waals surface area contributed by atoms with Gasteiger partial charge in [-0.2, -0.15) is 0 Å². The summed E-state index contributed by atoms with van der Waals surface area (Å²) in [5, 5.41) is 9.71. The first-order chi connectivity index (χ1) is 15.7. The molecule has 0 unspecified atom stereocenters. The quantitative estimate of drug-likeness (QED) is 0.446. The van der Waals surface area contributed by atoms with Crippen molar-refractivity contribution < 1.29 is 14.6 Å². The van der Waals surface area contributed by atoms with Gasteiger partial charge in [-0.3, -0.25) is 4.79 Å². The van der Waals surface area contributed by atoms with E-state index in [1.807, 2.05) is 67.4 Å². The maximum Gasteiger partial charge on any atom is 0.177 e. The number of allylic oxidation sites excluding steroid dienone is 1. The molecule has 1 aliphatic carbocycles. The third-order valence-electron chi connectivity index (χ3n) is 5.43. The van der Waals surface area contributed by atoms with Crippen molar-refractivity contribution in [3.05, 3.63) is 127 Å². The lowest BCUT2D eigenvalue weighted by atomic mass is 9.88. The number of phenolic OH excluding ortho intramolecular Hbond substituents is 1. The molecule has 3 nitrogen and oxygen atoms in total. The van der Waals surface area contributed by atoms with Gasteiger partial charge in [0.05, 0.1) is 5.92 Å². The van der Waals surface area contributed by atoms with Crippen molar-refractivity contribution in [2.75, 3.05) is 6.61 Å². The maximum atomic E-state index is 12.2. The number of ether oxygens (including phenoxy) is 1. The van der Waals surface area contributed by atoms with Gasteiger partial charge in [-0.25, -0.2) is 0 Å². The van der Waals surface area contributed by atoms with E-state index in [0.717, 1.165) is 28.7 Å². The molecular formula is C29H25O3. The molecule has 3 aromatic carbocycles. The molecule has 3 aromatic rings. The van der Waals surface area contributed by atoms with Gasteiger partial charge in [-0.05, 0) is 84.2 Å². The minimum atomic E-state index is -0.0375. The summed E-state index contributed by atoms with van der Waals surface area (Å²) >= 11 is 0. The van der Waals surface area contributed by atoms with Crippen LogP contribution in [0.15, 0.2) is 78.9 Å². The number of Topliss-reactive ketones (excluding diaryl/α,β-unsaturated/α-hetero) is 1. The highest BCUT2D eigenvalue weighted by molar-refractivity contribution is 5.99. The van der Waals surface area contributed by atoms with Crippen LogP contribution in [0.25, 0.3) is 11.1 Å². The molecule has 5 radical (unpaired) electrons. The van der Waals surface area contributed by atoms with Crippen LogP contribution in [0.1, 0.15) is 30.0 Å². The van der Waals surface area contributed by atoms with Crippen LogP contribution in [0.2, 0.25) is 0 Å². The van der Waals surface area contributed by atoms with Gasteiger partial charge in [-0.15, -0.1) is 0 Å². The van der Waals surface area contributed by atoms with Crippen molar-refractivity contribution >= 4 is 16.9 Å². The number of carbonyl (C=O) groups is 1. The second kappa shape index (κ2) is 10.3. The van der Waals surface area contributed by atoms with E-state index in [9.17, 15) is 9.90 Å². The fourth-order valence-corrected chi connectivity index (χ4v) is 3.82. The fraction of sp³-hybridized carbons (Fsp3) is 0.103. The number of hydrogen-bond donors (Lipinski definition) is 1. The number of benzene rings is 3. The van der Waals surface area contributed by atoms with Gasteiger partial charge in [-0.1, -0.05) is 61.5 Å². The number of carbonyl (C=O) groups excluding carboxylic acids is 1. The molecule has 1 saturated carbocycles. The van der Waals surface area contributed by atoms with Gasteiger partial charge in [0.25, 0.3) is 0 Å². The van der Waals surface area contributed by atoms with E-state index >= 15 is 0 Å². The maximum absolute atomic E-state index is 12.2. The van der Waals surface area contributed by atoms with Crippen molar-refractivity contribution in [2.45, 2.75) is 13.3 Å². The first kappa shape index (κ1) is 21.9. The Kier molecular flexibility index (Phi) is 7.06. The summed E-state index contributed by atoms with van der Waals surface area (Å²) < 4.78 is 5.72. The second-order valence-electron chi connectivity index (χ2n) is 7.53. The molecule has 0 amide bonds. The second-order valence-corrected chi connectivity index (χ2v) is 7.53. The van der Waals surface area contributed by atoms with Gasteiger partial charge < -0.3 is 9.84 Å². The Balaban J connectivity index is 1.63. The van der Waals surface area contributed by atoms with E-state index in [1.165, 1.54) is 5.57 Å². The molecule has 0 aliphatic heterocycles. The van der Waals surface area contributed by atoms with Crippen molar-refractivity contribution in [2.24, 2.45) is 0 Å². The topological polar surface area (TPSA) is 46.5 Å². The zero-order valence-corrected chi connectivity index (χ0v) is 18.0. The standard InChI is InChI=1S/C29H25O3/c1-2-27(21-12-16-25(30)17-13-21)29(23-10-4-3-5-11-23)24-14-18-26(19-15-24)32-20-28(31)22-8-6-7-9-22/h3-19,30H,2,20H2,1H3/b29-27+. The van der Waals surface area contributed by atoms with Gasteiger partial charge in [0.15, 0.2) is 5.78 Å². The lowest BCUT2D eigenvalue weighted by molar-refractivity contribution is -0.118. The Hall–Kier alpha value is -3.33. The summed E-state index contributed by atoms with van der Waals surface area (Å²) in [6, 6.07) is 25.5. The Morgan fingerprint density at radius 2 is 1.38 bits per heavy atom. The molecular weight excluding hydrogens is 396 g/mol. The molecule has 0 aromatic heterocycles. The Morgan fingerprint density at radius 3 is 2.00 bits per heavy atom. The van der Waals surface area contributed by atoms with Crippen LogP contribution < -0.4 is 4.74 Å². The lowest BCUT2D eigenvalue weighted by Crippen LogP contribution is -2.18. The average Bonchev–Trinajstić information content (AvgIpc) is 3.38. The third kappa shape index (κ3) is 5.11. The molecule has 32 heavy (non-hydrogen) atoms. The molecule has 4 rings (SSSR count). The monoisotopic (exact) mass is 421 g/mol. The SMILES string of the molecule is CC/C(=C(/c1ccccc1)c1ccc(OCC(=O)[C]2[CH][CH][CH][CH]2)cc1)c1ccc(O)cc1. The zero-order chi connectivity index (χ0) is 22.3. The van der Waals surface area contributed by atoms with E-state index in [2.05, 4.69) is 19.1 Å². The summed E-state index contributed by atoms with van der Waals surface area (Å²) in [7, 11) is 0. The summed E-state index contributed by atoms with van der Waals surface area (Å²) in [6.45, 7) is 2.15. The number of rotatable bonds is 8. The van der Waals surface area contributed by atoms with Crippen LogP contribution in [0.5, 0.6) is 11.5 Å². The third-order valence-corrected chi connectivity index (χ3v) is 5.43.